The van der Waals surface area contributed by atoms with Crippen LogP contribution in [0.1, 0.15) is 11.8 Å². The molecule has 2 N–H and O–H groups in total. The topological polar surface area (TPSA) is 43.1 Å². The first-order valence-corrected chi connectivity index (χ1v) is 7.56. The highest BCUT2D eigenvalue weighted by Crippen LogP contribution is 2.24. The van der Waals surface area contributed by atoms with Crippen LogP contribution in [0.15, 0.2) is 15.9 Å². The molecule has 1 aromatic rings. The minimum Gasteiger partial charge on any atom is -0.330 e. The Balaban J connectivity index is 2.45. The molecule has 1 rings (SSSR count). The molecule has 2 unspecified atom stereocenters. The van der Waals surface area contributed by atoms with Gasteiger partial charge >= 0.3 is 0 Å². The highest BCUT2D eigenvalue weighted by Gasteiger charge is 2.09. The molecule has 0 saturated heterocycles. The fourth-order valence-electron chi connectivity index (χ4n) is 1.02. The number of halogens is 1. The van der Waals surface area contributed by atoms with E-state index in [1.807, 2.05) is 18.4 Å². The molecular formula is C9H14BrNOS2. The van der Waals surface area contributed by atoms with E-state index < -0.39 is 10.8 Å². The molecule has 2 atom stereocenters. The molecular weight excluding hydrogens is 282 g/mol. The fraction of sp³-hybridized carbons (Fsp3) is 0.556. The molecule has 0 aliphatic heterocycles. The second-order valence-electron chi connectivity index (χ2n) is 3.28. The van der Waals surface area contributed by atoms with E-state index in [1.165, 1.54) is 0 Å². The first-order chi connectivity index (χ1) is 6.63. The van der Waals surface area contributed by atoms with E-state index in [0.717, 1.165) is 9.35 Å². The van der Waals surface area contributed by atoms with Crippen molar-refractivity contribution >= 4 is 38.1 Å². The first kappa shape index (κ1) is 12.4. The van der Waals surface area contributed by atoms with Crippen molar-refractivity contribution in [2.24, 2.45) is 11.7 Å². The Morgan fingerprint density at radius 3 is 2.93 bits per heavy atom. The van der Waals surface area contributed by atoms with Crippen molar-refractivity contribution in [1.82, 2.24) is 0 Å². The van der Waals surface area contributed by atoms with Crippen LogP contribution in [-0.2, 0) is 16.6 Å². The molecule has 2 nitrogen and oxygen atoms in total. The Hall–Kier alpha value is 0.290. The van der Waals surface area contributed by atoms with Crippen LogP contribution >= 0.6 is 27.3 Å². The number of hydrogen-bond acceptors (Lipinski definition) is 3. The van der Waals surface area contributed by atoms with Crippen LogP contribution in [0, 0.1) is 5.92 Å². The summed E-state index contributed by atoms with van der Waals surface area (Å²) in [7, 11) is -0.789. The second kappa shape index (κ2) is 6.00. The van der Waals surface area contributed by atoms with Gasteiger partial charge in [-0.15, -0.1) is 11.3 Å². The zero-order valence-electron chi connectivity index (χ0n) is 8.03. The van der Waals surface area contributed by atoms with E-state index in [0.29, 0.717) is 24.0 Å². The molecule has 1 aromatic heterocycles. The van der Waals surface area contributed by atoms with Gasteiger partial charge in [0.25, 0.3) is 0 Å². The van der Waals surface area contributed by atoms with Gasteiger partial charge in [0.2, 0.25) is 0 Å². The molecule has 0 aromatic carbocycles. The number of thiophene rings is 1. The zero-order chi connectivity index (χ0) is 10.6. The van der Waals surface area contributed by atoms with Crippen LogP contribution in [0.4, 0.5) is 0 Å². The van der Waals surface area contributed by atoms with Gasteiger partial charge in [0, 0.05) is 25.9 Å². The summed E-state index contributed by atoms with van der Waals surface area (Å²) in [6, 6.07) is 1.99. The maximum atomic E-state index is 11.7. The van der Waals surface area contributed by atoms with Crippen LogP contribution in [0.3, 0.4) is 0 Å². The third kappa shape index (κ3) is 3.81. The largest absolute Gasteiger partial charge is 0.330 e. The van der Waals surface area contributed by atoms with E-state index in [2.05, 4.69) is 15.9 Å². The molecule has 0 amide bonds. The van der Waals surface area contributed by atoms with Gasteiger partial charge in [-0.25, -0.2) is 0 Å². The molecule has 0 fully saturated rings. The van der Waals surface area contributed by atoms with Crippen molar-refractivity contribution in [3.05, 3.63) is 20.8 Å². The quantitative estimate of drug-likeness (QED) is 0.906. The average Bonchev–Trinajstić information content (AvgIpc) is 2.51. The predicted molar refractivity (Wildman–Crippen MR) is 67.0 cm³/mol. The SMILES string of the molecule is CC(CN)CS(=O)Cc1sccc1Br. The van der Waals surface area contributed by atoms with Crippen LogP contribution in [0.5, 0.6) is 0 Å². The lowest BCUT2D eigenvalue weighted by Crippen LogP contribution is -2.18. The van der Waals surface area contributed by atoms with Crippen LogP contribution in [0.2, 0.25) is 0 Å². The van der Waals surface area contributed by atoms with E-state index in [1.54, 1.807) is 11.3 Å². The summed E-state index contributed by atoms with van der Waals surface area (Å²) in [4.78, 5) is 1.16. The van der Waals surface area contributed by atoms with Gasteiger partial charge < -0.3 is 5.73 Å². The Bertz CT molecular complexity index is 314. The summed E-state index contributed by atoms with van der Waals surface area (Å²) in [6.45, 7) is 2.64. The van der Waals surface area contributed by atoms with Gasteiger partial charge in [-0.1, -0.05) is 6.92 Å². The van der Waals surface area contributed by atoms with Gasteiger partial charge in [-0.05, 0) is 39.8 Å². The van der Waals surface area contributed by atoms with Crippen LogP contribution in [0.25, 0.3) is 0 Å². The van der Waals surface area contributed by atoms with E-state index in [4.69, 9.17) is 5.73 Å². The van der Waals surface area contributed by atoms with E-state index >= 15 is 0 Å². The molecule has 80 valence electrons. The molecule has 1 heterocycles. The molecule has 0 bridgehead atoms. The van der Waals surface area contributed by atoms with Gasteiger partial charge in [-0.2, -0.15) is 0 Å². The summed E-state index contributed by atoms with van der Waals surface area (Å²) in [5.41, 5.74) is 5.48. The van der Waals surface area contributed by atoms with Crippen molar-refractivity contribution in [1.29, 1.82) is 0 Å². The normalized spacial score (nSPS) is 15.4. The number of nitrogens with two attached hydrogens (primary N) is 1. The first-order valence-electron chi connectivity index (χ1n) is 4.40. The molecule has 14 heavy (non-hydrogen) atoms. The molecule has 0 aliphatic rings. The van der Waals surface area contributed by atoms with Gasteiger partial charge in [0.15, 0.2) is 0 Å². The van der Waals surface area contributed by atoms with Crippen molar-refractivity contribution in [3.63, 3.8) is 0 Å². The smallest absolute Gasteiger partial charge is 0.0591 e. The standard InChI is InChI=1S/C9H14BrNOS2/c1-7(4-11)5-14(12)6-9-8(10)2-3-13-9/h2-3,7H,4-6,11H2,1H3. The lowest BCUT2D eigenvalue weighted by molar-refractivity contribution is 0.640. The van der Waals surface area contributed by atoms with Gasteiger partial charge in [0.05, 0.1) is 5.75 Å². The Morgan fingerprint density at radius 1 is 1.71 bits per heavy atom. The predicted octanol–water partition coefficient (Wildman–Crippen LogP) is 2.35. The maximum absolute atomic E-state index is 11.7. The highest BCUT2D eigenvalue weighted by atomic mass is 79.9. The second-order valence-corrected chi connectivity index (χ2v) is 6.64. The number of hydrogen-bond donors (Lipinski definition) is 1. The molecule has 0 saturated carbocycles. The summed E-state index contributed by atoms with van der Waals surface area (Å²) in [5.74, 6) is 1.68. The minimum absolute atomic E-state index is 0.342. The van der Waals surface area contributed by atoms with Crippen molar-refractivity contribution < 1.29 is 4.21 Å². The van der Waals surface area contributed by atoms with Crippen LogP contribution in [-0.4, -0.2) is 16.5 Å². The summed E-state index contributed by atoms with van der Waals surface area (Å²) in [5, 5.41) is 2.00. The summed E-state index contributed by atoms with van der Waals surface area (Å²) < 4.78 is 12.7. The van der Waals surface area contributed by atoms with Gasteiger partial charge in [0.1, 0.15) is 0 Å². The summed E-state index contributed by atoms with van der Waals surface area (Å²) >= 11 is 5.07. The lowest BCUT2D eigenvalue weighted by atomic mass is 10.2. The van der Waals surface area contributed by atoms with Crippen LogP contribution < -0.4 is 5.73 Å². The monoisotopic (exact) mass is 295 g/mol. The minimum atomic E-state index is -0.789. The van der Waals surface area contributed by atoms with E-state index in [-0.39, 0.29) is 0 Å². The average molecular weight is 296 g/mol. The fourth-order valence-corrected chi connectivity index (χ4v) is 4.48. The zero-order valence-corrected chi connectivity index (χ0v) is 11.3. The molecule has 0 spiro atoms. The van der Waals surface area contributed by atoms with Crippen molar-refractivity contribution in [2.45, 2.75) is 12.7 Å². The molecule has 5 heteroatoms. The highest BCUT2D eigenvalue weighted by molar-refractivity contribution is 9.10. The van der Waals surface area contributed by atoms with E-state index in [9.17, 15) is 4.21 Å². The van der Waals surface area contributed by atoms with Crippen molar-refractivity contribution in [3.8, 4) is 0 Å². The third-order valence-electron chi connectivity index (χ3n) is 1.86. The molecule has 0 radical (unpaired) electrons. The maximum Gasteiger partial charge on any atom is 0.0591 e. The lowest BCUT2D eigenvalue weighted by Gasteiger charge is -2.07. The van der Waals surface area contributed by atoms with Gasteiger partial charge in [-0.3, -0.25) is 4.21 Å². The Kier molecular flexibility index (Phi) is 5.30. The van der Waals surface area contributed by atoms with Crippen molar-refractivity contribution in [2.75, 3.05) is 12.3 Å². The number of rotatable bonds is 5. The Morgan fingerprint density at radius 2 is 2.43 bits per heavy atom. The molecule has 0 aliphatic carbocycles. The summed E-state index contributed by atoms with van der Waals surface area (Å²) in [6.07, 6.45) is 0. The Labute approximate surface area is 99.5 Å². The third-order valence-corrected chi connectivity index (χ3v) is 5.52.